The first-order chi connectivity index (χ1) is 4.18. The molecule has 3 nitrogen and oxygen atoms in total. The van der Waals surface area contributed by atoms with Gasteiger partial charge in [0, 0.05) is 0 Å². The first-order valence-corrected chi connectivity index (χ1v) is 2.75. The summed E-state index contributed by atoms with van der Waals surface area (Å²) >= 11 is 0. The molecule has 0 rings (SSSR count). The number of primary amides is 1. The topological polar surface area (TPSA) is 55.1 Å². The minimum atomic E-state index is -0.481. The van der Waals surface area contributed by atoms with Gasteiger partial charge in [-0.2, -0.15) is 0 Å². The number of hydrogen-bond acceptors (Lipinski definition) is 2. The second-order valence-corrected chi connectivity index (χ2v) is 1.31. The summed E-state index contributed by atoms with van der Waals surface area (Å²) in [6.07, 6.45) is 1.06. The Balaban J connectivity index is 0. The van der Waals surface area contributed by atoms with Gasteiger partial charge >= 0.3 is 0 Å². The van der Waals surface area contributed by atoms with Gasteiger partial charge in [-0.15, -0.1) is 0 Å². The fourth-order valence-corrected chi connectivity index (χ4v) is 0. The Kier molecular flexibility index (Phi) is 12.5. The van der Waals surface area contributed by atoms with Gasteiger partial charge in [0.2, 0.25) is 5.91 Å². The molecule has 0 aromatic rings. The van der Waals surface area contributed by atoms with Gasteiger partial charge < -0.3 is 11.1 Å². The molecule has 0 saturated carbocycles. The monoisotopic (exact) mass is 130 g/mol. The van der Waals surface area contributed by atoms with Crippen molar-refractivity contribution >= 4 is 5.91 Å². The average Bonchev–Trinajstić information content (AvgIpc) is 1.89. The van der Waals surface area contributed by atoms with E-state index in [1.54, 1.807) is 0 Å². The Morgan fingerprint density at radius 3 is 2.11 bits per heavy atom. The predicted molar refractivity (Wildman–Crippen MR) is 39.0 cm³/mol. The van der Waals surface area contributed by atoms with Crippen LogP contribution in [0.5, 0.6) is 0 Å². The molecule has 1 amide bonds. The summed E-state index contributed by atoms with van der Waals surface area (Å²) in [6, 6.07) is 0. The van der Waals surface area contributed by atoms with E-state index in [0.717, 1.165) is 12.6 Å². The predicted octanol–water partition coefficient (Wildman–Crippen LogP) is -0.117. The second-order valence-electron chi connectivity index (χ2n) is 1.31. The van der Waals surface area contributed by atoms with Crippen molar-refractivity contribution in [3.63, 3.8) is 0 Å². The Hall–Kier alpha value is -0.830. The van der Waals surface area contributed by atoms with Crippen LogP contribution < -0.4 is 11.1 Å². The lowest BCUT2D eigenvalue weighted by Gasteiger charge is -1.76. The minimum absolute atomic E-state index is 0.481. The van der Waals surface area contributed by atoms with Gasteiger partial charge in [0.1, 0.15) is 0 Å². The van der Waals surface area contributed by atoms with Crippen LogP contribution in [-0.4, -0.2) is 19.5 Å². The molecule has 0 aromatic carbocycles. The average molecular weight is 130 g/mol. The molecule has 0 bridgehead atoms. The van der Waals surface area contributed by atoms with Gasteiger partial charge in [-0.05, 0) is 19.7 Å². The molecule has 0 aromatic heterocycles. The van der Waals surface area contributed by atoms with E-state index in [4.69, 9.17) is 0 Å². The van der Waals surface area contributed by atoms with E-state index < -0.39 is 5.91 Å². The Morgan fingerprint density at radius 2 is 2.11 bits per heavy atom. The first-order valence-electron chi connectivity index (χ1n) is 2.75. The molecular formula is C6H14N2O. The standard InChI is InChI=1S/C3H5NO.C3H9N/c1-2-3(4)5;1-3-4-2/h2H,1H2,(H2,4,5);4H,3H2,1-2H3. The maximum Gasteiger partial charge on any atom is 0.240 e. The third-order valence-electron chi connectivity index (χ3n) is 0.555. The first kappa shape index (κ1) is 11.0. The number of carbonyl (C=O) groups excluding carboxylic acids is 1. The van der Waals surface area contributed by atoms with E-state index >= 15 is 0 Å². The highest BCUT2D eigenvalue weighted by Crippen LogP contribution is 1.48. The second kappa shape index (κ2) is 10.2. The summed E-state index contributed by atoms with van der Waals surface area (Å²) in [6.45, 7) is 6.22. The molecule has 0 unspecified atom stereocenters. The Bertz CT molecular complexity index is 79.1. The van der Waals surface area contributed by atoms with Gasteiger partial charge in [-0.1, -0.05) is 13.5 Å². The molecule has 0 saturated heterocycles. The number of hydrogen-bond donors (Lipinski definition) is 2. The lowest BCUT2D eigenvalue weighted by atomic mass is 10.6. The van der Waals surface area contributed by atoms with Crippen molar-refractivity contribution in [2.75, 3.05) is 13.6 Å². The van der Waals surface area contributed by atoms with Crippen molar-refractivity contribution in [3.05, 3.63) is 12.7 Å². The van der Waals surface area contributed by atoms with E-state index in [9.17, 15) is 4.79 Å². The smallest absolute Gasteiger partial charge is 0.240 e. The molecule has 0 aliphatic rings. The SMILES string of the molecule is C=CC(N)=O.CCNC. The zero-order chi connectivity index (χ0) is 7.70. The molecule has 0 radical (unpaired) electrons. The Morgan fingerprint density at radius 1 is 1.89 bits per heavy atom. The van der Waals surface area contributed by atoms with Crippen LogP contribution in [0, 0.1) is 0 Å². The van der Waals surface area contributed by atoms with E-state index in [-0.39, 0.29) is 0 Å². The molecule has 0 heterocycles. The highest BCUT2D eigenvalue weighted by atomic mass is 16.1. The summed E-state index contributed by atoms with van der Waals surface area (Å²) < 4.78 is 0. The van der Waals surface area contributed by atoms with Crippen molar-refractivity contribution in [2.24, 2.45) is 5.73 Å². The van der Waals surface area contributed by atoms with Crippen LogP contribution in [0.1, 0.15) is 6.92 Å². The molecule has 0 spiro atoms. The van der Waals surface area contributed by atoms with E-state index in [1.165, 1.54) is 0 Å². The van der Waals surface area contributed by atoms with Crippen LogP contribution in [0.4, 0.5) is 0 Å². The highest BCUT2D eigenvalue weighted by molar-refractivity contribution is 5.84. The lowest BCUT2D eigenvalue weighted by Crippen LogP contribution is -2.04. The fourth-order valence-electron chi connectivity index (χ4n) is 0. The Labute approximate surface area is 55.9 Å². The van der Waals surface area contributed by atoms with Crippen LogP contribution in [-0.2, 0) is 4.79 Å². The maximum absolute atomic E-state index is 9.47. The number of rotatable bonds is 2. The summed E-state index contributed by atoms with van der Waals surface area (Å²) in [5, 5.41) is 2.93. The molecule has 3 heteroatoms. The highest BCUT2D eigenvalue weighted by Gasteiger charge is 1.69. The van der Waals surface area contributed by atoms with E-state index in [0.29, 0.717) is 0 Å². The van der Waals surface area contributed by atoms with Crippen molar-refractivity contribution in [1.82, 2.24) is 5.32 Å². The van der Waals surface area contributed by atoms with E-state index in [2.05, 4.69) is 24.6 Å². The molecule has 0 fully saturated rings. The molecule has 0 atom stereocenters. The lowest BCUT2D eigenvalue weighted by molar-refractivity contribution is -0.113. The molecular weight excluding hydrogens is 116 g/mol. The van der Waals surface area contributed by atoms with Crippen molar-refractivity contribution in [3.8, 4) is 0 Å². The normalized spacial score (nSPS) is 6.89. The molecule has 9 heavy (non-hydrogen) atoms. The number of carbonyl (C=O) groups is 1. The number of nitrogens with two attached hydrogens (primary N) is 1. The van der Waals surface area contributed by atoms with Crippen molar-refractivity contribution in [1.29, 1.82) is 0 Å². The third kappa shape index (κ3) is 40.7. The van der Waals surface area contributed by atoms with Gasteiger partial charge in [-0.3, -0.25) is 4.79 Å². The van der Waals surface area contributed by atoms with Gasteiger partial charge in [0.05, 0.1) is 0 Å². The van der Waals surface area contributed by atoms with Gasteiger partial charge in [0.15, 0.2) is 0 Å². The van der Waals surface area contributed by atoms with Gasteiger partial charge in [0.25, 0.3) is 0 Å². The maximum atomic E-state index is 9.47. The molecule has 3 N–H and O–H groups in total. The zero-order valence-corrected chi connectivity index (χ0v) is 5.98. The number of amides is 1. The molecule has 0 aliphatic heterocycles. The summed E-state index contributed by atoms with van der Waals surface area (Å²) in [4.78, 5) is 9.47. The van der Waals surface area contributed by atoms with Crippen molar-refractivity contribution < 1.29 is 4.79 Å². The fraction of sp³-hybridized carbons (Fsp3) is 0.500. The minimum Gasteiger partial charge on any atom is -0.366 e. The summed E-state index contributed by atoms with van der Waals surface area (Å²) in [5.74, 6) is -0.481. The van der Waals surface area contributed by atoms with Crippen LogP contribution in [0.3, 0.4) is 0 Å². The molecule has 0 aliphatic carbocycles. The molecule has 54 valence electrons. The number of nitrogens with one attached hydrogen (secondary N) is 1. The zero-order valence-electron chi connectivity index (χ0n) is 5.98. The van der Waals surface area contributed by atoms with Crippen LogP contribution in [0.2, 0.25) is 0 Å². The third-order valence-corrected chi connectivity index (χ3v) is 0.555. The van der Waals surface area contributed by atoms with E-state index in [1.807, 2.05) is 7.05 Å². The summed E-state index contributed by atoms with van der Waals surface area (Å²) in [5.41, 5.74) is 4.53. The summed E-state index contributed by atoms with van der Waals surface area (Å²) in [7, 11) is 1.93. The van der Waals surface area contributed by atoms with Crippen LogP contribution in [0.25, 0.3) is 0 Å². The van der Waals surface area contributed by atoms with Crippen LogP contribution >= 0.6 is 0 Å². The van der Waals surface area contributed by atoms with Gasteiger partial charge in [-0.25, -0.2) is 0 Å². The quantitative estimate of drug-likeness (QED) is 0.512. The largest absolute Gasteiger partial charge is 0.366 e. The van der Waals surface area contributed by atoms with Crippen molar-refractivity contribution in [2.45, 2.75) is 6.92 Å². The van der Waals surface area contributed by atoms with Crippen LogP contribution in [0.15, 0.2) is 12.7 Å².